The van der Waals surface area contributed by atoms with E-state index in [9.17, 15) is 0 Å². The lowest BCUT2D eigenvalue weighted by Crippen LogP contribution is -2.28. The highest BCUT2D eigenvalue weighted by Gasteiger charge is 2.31. The largest absolute Gasteiger partial charge is 0.374 e. The number of anilines is 1. The minimum Gasteiger partial charge on any atom is -0.374 e. The molecule has 2 heterocycles. The molecule has 110 valence electrons. The second-order valence-corrected chi connectivity index (χ2v) is 7.06. The Hall–Kier alpha value is -1.02. The molecule has 2 heteroatoms. The minimum absolute atomic E-state index is 0.626. The van der Waals surface area contributed by atoms with Gasteiger partial charge in [0.2, 0.25) is 0 Å². The van der Waals surface area contributed by atoms with E-state index in [1.165, 1.54) is 43.6 Å². The fourth-order valence-corrected chi connectivity index (χ4v) is 3.94. The zero-order chi connectivity index (χ0) is 14.3. The maximum atomic E-state index is 2.56. The molecule has 0 bridgehead atoms. The van der Waals surface area contributed by atoms with Crippen LogP contribution in [-0.2, 0) is 0 Å². The lowest BCUT2D eigenvalue weighted by Gasteiger charge is -2.23. The summed E-state index contributed by atoms with van der Waals surface area (Å²) in [7, 11) is 4.54. The second-order valence-electron chi connectivity index (χ2n) is 7.06. The third-order valence-electron chi connectivity index (χ3n) is 5.29. The van der Waals surface area contributed by atoms with Crippen molar-refractivity contribution in [2.45, 2.75) is 51.0 Å². The number of hydrogen-bond acceptors (Lipinski definition) is 2. The molecule has 0 aliphatic carbocycles. The van der Waals surface area contributed by atoms with E-state index in [0.29, 0.717) is 5.92 Å². The van der Waals surface area contributed by atoms with Crippen LogP contribution >= 0.6 is 0 Å². The smallest absolute Gasteiger partial charge is 0.0400 e. The van der Waals surface area contributed by atoms with Crippen molar-refractivity contribution in [1.82, 2.24) is 4.90 Å². The van der Waals surface area contributed by atoms with Gasteiger partial charge in [0.15, 0.2) is 0 Å². The molecule has 3 rings (SSSR count). The second kappa shape index (κ2) is 5.40. The van der Waals surface area contributed by atoms with Crippen molar-refractivity contribution in [3.63, 3.8) is 0 Å². The van der Waals surface area contributed by atoms with Crippen molar-refractivity contribution in [3.05, 3.63) is 29.3 Å². The summed E-state index contributed by atoms with van der Waals surface area (Å²) in [6.45, 7) is 7.06. The van der Waals surface area contributed by atoms with E-state index in [-0.39, 0.29) is 0 Å². The predicted molar refractivity (Wildman–Crippen MR) is 86.8 cm³/mol. The van der Waals surface area contributed by atoms with Crippen molar-refractivity contribution in [3.8, 4) is 0 Å². The number of benzene rings is 1. The van der Waals surface area contributed by atoms with Crippen LogP contribution in [0.4, 0.5) is 5.69 Å². The van der Waals surface area contributed by atoms with Gasteiger partial charge in [0.05, 0.1) is 0 Å². The Morgan fingerprint density at radius 2 is 2.05 bits per heavy atom. The maximum Gasteiger partial charge on any atom is 0.0400 e. The summed E-state index contributed by atoms with van der Waals surface area (Å²) in [6.07, 6.45) is 4.09. The highest BCUT2D eigenvalue weighted by molar-refractivity contribution is 5.61. The zero-order valence-electron chi connectivity index (χ0n) is 13.4. The third kappa shape index (κ3) is 2.46. The van der Waals surface area contributed by atoms with E-state index in [1.807, 2.05) is 0 Å². The average molecular weight is 272 g/mol. The van der Waals surface area contributed by atoms with E-state index < -0.39 is 0 Å². The van der Waals surface area contributed by atoms with E-state index in [4.69, 9.17) is 0 Å². The number of likely N-dealkylation sites (N-methyl/N-ethyl adjacent to an activating group) is 1. The molecule has 0 N–H and O–H groups in total. The number of hydrogen-bond donors (Lipinski definition) is 0. The summed E-state index contributed by atoms with van der Waals surface area (Å²) >= 11 is 0. The topological polar surface area (TPSA) is 6.48 Å². The minimum atomic E-state index is 0.626. The van der Waals surface area contributed by atoms with Gasteiger partial charge in [-0.05, 0) is 56.0 Å². The van der Waals surface area contributed by atoms with Crippen molar-refractivity contribution in [2.75, 3.05) is 32.1 Å². The number of rotatable bonds is 3. The normalized spacial score (nSPS) is 26.6. The Morgan fingerprint density at radius 3 is 2.70 bits per heavy atom. The lowest BCUT2D eigenvalue weighted by atomic mass is 9.90. The van der Waals surface area contributed by atoms with Gasteiger partial charge in [-0.1, -0.05) is 26.0 Å². The first-order valence-electron chi connectivity index (χ1n) is 8.11. The molecule has 1 aromatic rings. The molecule has 1 saturated heterocycles. The van der Waals surface area contributed by atoms with Gasteiger partial charge in [-0.25, -0.2) is 0 Å². The van der Waals surface area contributed by atoms with Gasteiger partial charge in [-0.2, -0.15) is 0 Å². The molecular formula is C18H28N2. The number of fused-ring (bicyclic) bond motifs is 1. The first kappa shape index (κ1) is 13.9. The van der Waals surface area contributed by atoms with Crippen LogP contribution in [0.2, 0.25) is 0 Å². The van der Waals surface area contributed by atoms with Crippen LogP contribution in [0.25, 0.3) is 0 Å². The van der Waals surface area contributed by atoms with Gasteiger partial charge >= 0.3 is 0 Å². The summed E-state index contributed by atoms with van der Waals surface area (Å²) < 4.78 is 0. The summed E-state index contributed by atoms with van der Waals surface area (Å²) in [4.78, 5) is 5.00. The van der Waals surface area contributed by atoms with Crippen LogP contribution in [-0.4, -0.2) is 38.1 Å². The fourth-order valence-electron chi connectivity index (χ4n) is 3.94. The van der Waals surface area contributed by atoms with Crippen LogP contribution in [0.15, 0.2) is 18.2 Å². The Kier molecular flexibility index (Phi) is 3.76. The SMILES string of the molecule is CC(C)c1ccc2c(c1)[C@@H](C[C@H]1CCCN1C)CN2C. The molecule has 2 nitrogen and oxygen atoms in total. The van der Waals surface area contributed by atoms with Gasteiger partial charge in [-0.3, -0.25) is 0 Å². The summed E-state index contributed by atoms with van der Waals surface area (Å²) in [5.74, 6) is 1.35. The number of likely N-dealkylation sites (tertiary alicyclic amines) is 1. The monoisotopic (exact) mass is 272 g/mol. The molecule has 0 unspecified atom stereocenters. The van der Waals surface area contributed by atoms with E-state index in [2.05, 4.69) is 55.9 Å². The van der Waals surface area contributed by atoms with Crippen molar-refractivity contribution in [2.24, 2.45) is 0 Å². The lowest BCUT2D eigenvalue weighted by molar-refractivity contribution is 0.284. The van der Waals surface area contributed by atoms with Gasteiger partial charge in [0, 0.05) is 31.2 Å². The maximum absolute atomic E-state index is 2.56. The molecule has 2 aliphatic rings. The van der Waals surface area contributed by atoms with Crippen molar-refractivity contribution in [1.29, 1.82) is 0 Å². The fraction of sp³-hybridized carbons (Fsp3) is 0.667. The molecule has 0 aromatic heterocycles. The Morgan fingerprint density at radius 1 is 1.25 bits per heavy atom. The molecule has 0 spiro atoms. The Labute approximate surface area is 123 Å². The summed E-state index contributed by atoms with van der Waals surface area (Å²) in [5.41, 5.74) is 4.54. The van der Waals surface area contributed by atoms with Crippen LogP contribution in [0.1, 0.15) is 56.1 Å². The van der Waals surface area contributed by atoms with E-state index >= 15 is 0 Å². The summed E-state index contributed by atoms with van der Waals surface area (Å²) in [5, 5.41) is 0. The van der Waals surface area contributed by atoms with E-state index in [1.54, 1.807) is 5.56 Å². The van der Waals surface area contributed by atoms with Crippen LogP contribution in [0.5, 0.6) is 0 Å². The zero-order valence-corrected chi connectivity index (χ0v) is 13.4. The average Bonchev–Trinajstić information content (AvgIpc) is 2.95. The molecule has 0 amide bonds. The molecule has 20 heavy (non-hydrogen) atoms. The van der Waals surface area contributed by atoms with Crippen LogP contribution in [0, 0.1) is 0 Å². The first-order chi connectivity index (χ1) is 9.56. The highest BCUT2D eigenvalue weighted by atomic mass is 15.2. The van der Waals surface area contributed by atoms with E-state index in [0.717, 1.165) is 12.0 Å². The molecule has 2 atom stereocenters. The van der Waals surface area contributed by atoms with Gasteiger partial charge in [0.25, 0.3) is 0 Å². The number of nitrogens with zero attached hydrogens (tertiary/aromatic N) is 2. The Balaban J connectivity index is 1.83. The third-order valence-corrected chi connectivity index (χ3v) is 5.29. The van der Waals surface area contributed by atoms with Crippen molar-refractivity contribution < 1.29 is 0 Å². The first-order valence-corrected chi connectivity index (χ1v) is 8.11. The molecule has 0 radical (unpaired) electrons. The van der Waals surface area contributed by atoms with Gasteiger partial charge in [0.1, 0.15) is 0 Å². The predicted octanol–water partition coefficient (Wildman–Crippen LogP) is 3.83. The molecular weight excluding hydrogens is 244 g/mol. The molecule has 1 fully saturated rings. The summed E-state index contributed by atoms with van der Waals surface area (Å²) in [6, 6.07) is 7.91. The molecule has 1 aromatic carbocycles. The Bertz CT molecular complexity index is 480. The van der Waals surface area contributed by atoms with Gasteiger partial charge in [-0.15, -0.1) is 0 Å². The molecule has 2 aliphatic heterocycles. The van der Waals surface area contributed by atoms with Crippen molar-refractivity contribution >= 4 is 5.69 Å². The standard InChI is InChI=1S/C18H28N2/c1-13(2)14-7-8-18-17(11-14)15(12-20(18)4)10-16-6-5-9-19(16)3/h7-8,11,13,15-16H,5-6,9-10,12H2,1-4H3/t15-,16+/m0/s1. The molecule has 0 saturated carbocycles. The highest BCUT2D eigenvalue weighted by Crippen LogP contribution is 2.40. The van der Waals surface area contributed by atoms with Crippen LogP contribution in [0.3, 0.4) is 0 Å². The quantitative estimate of drug-likeness (QED) is 0.825. The van der Waals surface area contributed by atoms with Crippen LogP contribution < -0.4 is 4.90 Å². The van der Waals surface area contributed by atoms with Gasteiger partial charge < -0.3 is 9.80 Å².